The molecule has 1 unspecified atom stereocenters. The molecule has 3 N–H and O–H groups in total. The van der Waals surface area contributed by atoms with E-state index in [9.17, 15) is 14.4 Å². The number of carbonyl (C=O) groups is 3. The fourth-order valence-corrected chi connectivity index (χ4v) is 2.61. The van der Waals surface area contributed by atoms with Gasteiger partial charge in [-0.25, -0.2) is 9.59 Å². The number of nitrogens with zero attached hydrogens (tertiary/aromatic N) is 1. The minimum absolute atomic E-state index is 0.493. The van der Waals surface area contributed by atoms with E-state index in [0.717, 1.165) is 19.3 Å². The van der Waals surface area contributed by atoms with E-state index in [-0.39, 0.29) is 0 Å². The number of hydrogen-bond donors (Lipinski definition) is 3. The van der Waals surface area contributed by atoms with Crippen molar-refractivity contribution in [2.45, 2.75) is 45.6 Å². The first kappa shape index (κ1) is 17.3. The predicted molar refractivity (Wildman–Crippen MR) is 76.0 cm³/mol. The number of carbonyl (C=O) groups excluding carboxylic acids is 1. The fraction of sp³-hybridized carbons (Fsp3) is 0.786. The van der Waals surface area contributed by atoms with E-state index >= 15 is 0 Å². The molecule has 1 heterocycles. The Hall–Kier alpha value is -1.79. The SMILES string of the molecule is CC(C)C1CCCN(C(=O)N[C@@H](CC(=O)O)C(=O)O)CC1. The number of amides is 2. The quantitative estimate of drug-likeness (QED) is 0.711. The minimum atomic E-state index is -1.39. The Labute approximate surface area is 124 Å². The number of carboxylic acid groups (broad SMARTS) is 2. The molecule has 0 spiro atoms. The van der Waals surface area contributed by atoms with Crippen LogP contribution in [0.1, 0.15) is 39.5 Å². The summed E-state index contributed by atoms with van der Waals surface area (Å²) in [5.41, 5.74) is 0. The second-order valence-electron chi connectivity index (χ2n) is 5.86. The zero-order valence-corrected chi connectivity index (χ0v) is 12.5. The number of aliphatic carboxylic acids is 2. The van der Waals surface area contributed by atoms with Crippen LogP contribution in [0.15, 0.2) is 0 Å². The molecular weight excluding hydrogens is 276 g/mol. The highest BCUT2D eigenvalue weighted by Crippen LogP contribution is 2.24. The Bertz CT molecular complexity index is 397. The van der Waals surface area contributed by atoms with Gasteiger partial charge in [0.2, 0.25) is 0 Å². The van der Waals surface area contributed by atoms with E-state index in [1.165, 1.54) is 0 Å². The summed E-state index contributed by atoms with van der Waals surface area (Å²) in [4.78, 5) is 35.2. The van der Waals surface area contributed by atoms with Crippen molar-refractivity contribution >= 4 is 18.0 Å². The number of likely N-dealkylation sites (tertiary alicyclic amines) is 1. The van der Waals surface area contributed by atoms with Gasteiger partial charge in [-0.1, -0.05) is 13.8 Å². The number of carboxylic acids is 2. The summed E-state index contributed by atoms with van der Waals surface area (Å²) in [7, 11) is 0. The van der Waals surface area contributed by atoms with Gasteiger partial charge in [-0.15, -0.1) is 0 Å². The lowest BCUT2D eigenvalue weighted by Crippen LogP contribution is -2.49. The van der Waals surface area contributed by atoms with Gasteiger partial charge in [0.15, 0.2) is 0 Å². The van der Waals surface area contributed by atoms with E-state index in [1.807, 2.05) is 0 Å². The molecule has 1 rings (SSSR count). The highest BCUT2D eigenvalue weighted by molar-refractivity contribution is 5.86. The number of rotatable bonds is 5. The summed E-state index contributed by atoms with van der Waals surface area (Å²) in [6.45, 7) is 5.48. The highest BCUT2D eigenvalue weighted by Gasteiger charge is 2.27. The molecule has 0 aliphatic carbocycles. The van der Waals surface area contributed by atoms with E-state index in [2.05, 4.69) is 19.2 Å². The molecule has 2 atom stereocenters. The topological polar surface area (TPSA) is 107 Å². The summed E-state index contributed by atoms with van der Waals surface area (Å²) >= 11 is 0. The lowest BCUT2D eigenvalue weighted by Gasteiger charge is -2.23. The van der Waals surface area contributed by atoms with Gasteiger partial charge in [-0.05, 0) is 31.1 Å². The van der Waals surface area contributed by atoms with Crippen molar-refractivity contribution in [2.75, 3.05) is 13.1 Å². The van der Waals surface area contributed by atoms with Gasteiger partial charge in [0.25, 0.3) is 0 Å². The standard InChI is InChI=1S/C14H24N2O5/c1-9(2)10-4-3-6-16(7-5-10)14(21)15-11(13(19)20)8-12(17)18/h9-11H,3-8H2,1-2H3,(H,15,21)(H,17,18)(H,19,20)/t10?,11-/m0/s1. The Morgan fingerprint density at radius 2 is 1.86 bits per heavy atom. The molecule has 0 aromatic rings. The molecular formula is C14H24N2O5. The van der Waals surface area contributed by atoms with Crippen LogP contribution in [0.5, 0.6) is 0 Å². The smallest absolute Gasteiger partial charge is 0.326 e. The average molecular weight is 300 g/mol. The molecule has 0 saturated carbocycles. The lowest BCUT2D eigenvalue weighted by atomic mass is 9.89. The Morgan fingerprint density at radius 3 is 2.38 bits per heavy atom. The van der Waals surface area contributed by atoms with Gasteiger partial charge in [-0.3, -0.25) is 4.79 Å². The summed E-state index contributed by atoms with van der Waals surface area (Å²) in [6.07, 6.45) is 2.21. The Morgan fingerprint density at radius 1 is 1.19 bits per heavy atom. The molecule has 7 heteroatoms. The van der Waals surface area contributed by atoms with Crippen LogP contribution in [0.3, 0.4) is 0 Å². The molecule has 1 aliphatic heterocycles. The maximum absolute atomic E-state index is 12.1. The summed E-state index contributed by atoms with van der Waals surface area (Å²) < 4.78 is 0. The van der Waals surface area contributed by atoms with Crippen LogP contribution in [0.4, 0.5) is 4.79 Å². The molecule has 1 saturated heterocycles. The van der Waals surface area contributed by atoms with E-state index in [0.29, 0.717) is 24.9 Å². The molecule has 0 aromatic heterocycles. The summed E-state index contributed by atoms with van der Waals surface area (Å²) in [5, 5.41) is 19.9. The van der Waals surface area contributed by atoms with Crippen molar-refractivity contribution in [3.63, 3.8) is 0 Å². The molecule has 21 heavy (non-hydrogen) atoms. The molecule has 2 amide bonds. The van der Waals surface area contributed by atoms with Crippen LogP contribution < -0.4 is 5.32 Å². The zero-order valence-electron chi connectivity index (χ0n) is 12.5. The maximum Gasteiger partial charge on any atom is 0.326 e. The maximum atomic E-state index is 12.1. The van der Waals surface area contributed by atoms with Crippen LogP contribution in [0.25, 0.3) is 0 Å². The van der Waals surface area contributed by atoms with Gasteiger partial charge < -0.3 is 20.4 Å². The van der Waals surface area contributed by atoms with Crippen LogP contribution in [-0.4, -0.2) is 52.2 Å². The molecule has 1 aliphatic rings. The number of urea groups is 1. The van der Waals surface area contributed by atoms with Crippen LogP contribution in [0, 0.1) is 11.8 Å². The van der Waals surface area contributed by atoms with Crippen molar-refractivity contribution in [3.8, 4) is 0 Å². The second kappa shape index (κ2) is 7.85. The van der Waals surface area contributed by atoms with Gasteiger partial charge in [-0.2, -0.15) is 0 Å². The van der Waals surface area contributed by atoms with E-state index in [4.69, 9.17) is 10.2 Å². The number of nitrogens with one attached hydrogen (secondary N) is 1. The Kier molecular flexibility index (Phi) is 6.45. The second-order valence-corrected chi connectivity index (χ2v) is 5.86. The van der Waals surface area contributed by atoms with Gasteiger partial charge in [0.05, 0.1) is 6.42 Å². The van der Waals surface area contributed by atoms with Crippen LogP contribution in [-0.2, 0) is 9.59 Å². The average Bonchev–Trinajstić information content (AvgIpc) is 2.62. The van der Waals surface area contributed by atoms with Crippen LogP contribution in [0.2, 0.25) is 0 Å². The van der Waals surface area contributed by atoms with Gasteiger partial charge >= 0.3 is 18.0 Å². The van der Waals surface area contributed by atoms with Gasteiger partial charge in [0.1, 0.15) is 6.04 Å². The Balaban J connectivity index is 2.57. The largest absolute Gasteiger partial charge is 0.481 e. The van der Waals surface area contributed by atoms with Crippen LogP contribution >= 0.6 is 0 Å². The molecule has 0 radical (unpaired) electrons. The summed E-state index contributed by atoms with van der Waals surface area (Å²) in [6, 6.07) is -1.88. The third-order valence-corrected chi connectivity index (χ3v) is 3.98. The van der Waals surface area contributed by atoms with Crippen molar-refractivity contribution in [2.24, 2.45) is 11.8 Å². The first-order chi connectivity index (χ1) is 9.81. The van der Waals surface area contributed by atoms with Crippen molar-refractivity contribution < 1.29 is 24.6 Å². The molecule has 0 aromatic carbocycles. The lowest BCUT2D eigenvalue weighted by molar-refractivity contribution is -0.145. The molecule has 120 valence electrons. The number of hydrogen-bond acceptors (Lipinski definition) is 3. The monoisotopic (exact) mass is 300 g/mol. The van der Waals surface area contributed by atoms with Gasteiger partial charge in [0, 0.05) is 13.1 Å². The highest BCUT2D eigenvalue weighted by atomic mass is 16.4. The third-order valence-electron chi connectivity index (χ3n) is 3.98. The summed E-state index contributed by atoms with van der Waals surface area (Å²) in [5.74, 6) is -1.46. The normalized spacial score (nSPS) is 20.7. The molecule has 7 nitrogen and oxygen atoms in total. The van der Waals surface area contributed by atoms with Crippen molar-refractivity contribution in [1.29, 1.82) is 0 Å². The minimum Gasteiger partial charge on any atom is -0.481 e. The van der Waals surface area contributed by atoms with Crippen molar-refractivity contribution in [1.82, 2.24) is 10.2 Å². The first-order valence-electron chi connectivity index (χ1n) is 7.31. The van der Waals surface area contributed by atoms with E-state index < -0.39 is 30.4 Å². The third kappa shape index (κ3) is 5.61. The van der Waals surface area contributed by atoms with Crippen molar-refractivity contribution in [3.05, 3.63) is 0 Å². The molecule has 0 bridgehead atoms. The molecule has 1 fully saturated rings. The fourth-order valence-electron chi connectivity index (χ4n) is 2.61. The first-order valence-corrected chi connectivity index (χ1v) is 7.31. The van der Waals surface area contributed by atoms with E-state index in [1.54, 1.807) is 4.90 Å². The predicted octanol–water partition coefficient (Wildman–Crippen LogP) is 1.38. The zero-order chi connectivity index (χ0) is 16.0.